The highest BCUT2D eigenvalue weighted by atomic mass is 32.2. The summed E-state index contributed by atoms with van der Waals surface area (Å²) in [4.78, 5) is 2.56. The lowest BCUT2D eigenvalue weighted by Gasteiger charge is -2.36. The summed E-state index contributed by atoms with van der Waals surface area (Å²) in [6.45, 7) is 4.72. The largest absolute Gasteiger partial charge is 0.314 e. The quantitative estimate of drug-likeness (QED) is 0.650. The van der Waals surface area contributed by atoms with Gasteiger partial charge in [0.1, 0.15) is 0 Å². The van der Waals surface area contributed by atoms with Crippen molar-refractivity contribution in [3.63, 3.8) is 0 Å². The molecular formula is C9H16N2S. The first-order chi connectivity index (χ1) is 5.97. The summed E-state index contributed by atoms with van der Waals surface area (Å²) in [6, 6.07) is 0.644. The molecule has 2 radical (unpaired) electrons. The minimum absolute atomic E-state index is 0.644. The molecule has 2 aliphatic rings. The highest BCUT2D eigenvalue weighted by Gasteiger charge is 2.22. The monoisotopic (exact) mass is 184 g/mol. The van der Waals surface area contributed by atoms with Crippen molar-refractivity contribution >= 4 is 11.8 Å². The molecule has 68 valence electrons. The molecule has 2 rings (SSSR count). The zero-order valence-electron chi connectivity index (χ0n) is 7.38. The molecule has 0 spiro atoms. The Labute approximate surface area is 79.1 Å². The summed E-state index contributed by atoms with van der Waals surface area (Å²) in [5.74, 6) is 4.78. The molecule has 12 heavy (non-hydrogen) atoms. The fraction of sp³-hybridized carbons (Fsp3) is 0.889. The van der Waals surface area contributed by atoms with E-state index in [-0.39, 0.29) is 0 Å². The van der Waals surface area contributed by atoms with Gasteiger partial charge in [-0.2, -0.15) is 11.8 Å². The van der Waals surface area contributed by atoms with Crippen LogP contribution in [0, 0.1) is 5.75 Å². The van der Waals surface area contributed by atoms with E-state index in [4.69, 9.17) is 0 Å². The lowest BCUT2D eigenvalue weighted by Crippen LogP contribution is -2.48. The van der Waals surface area contributed by atoms with E-state index in [9.17, 15) is 0 Å². The second-order valence-corrected chi connectivity index (χ2v) is 4.34. The molecule has 0 aliphatic carbocycles. The third-order valence-electron chi connectivity index (χ3n) is 2.54. The number of piperazine rings is 1. The number of hydrogen-bond donors (Lipinski definition) is 1. The average Bonchev–Trinajstić information content (AvgIpc) is 2.21. The maximum Gasteiger partial charge on any atom is 0.0667 e. The third-order valence-corrected chi connectivity index (χ3v) is 3.47. The maximum absolute atomic E-state index is 3.50. The lowest BCUT2D eigenvalue weighted by atomic mass is 10.1. The van der Waals surface area contributed by atoms with Crippen LogP contribution in [0.5, 0.6) is 0 Å². The van der Waals surface area contributed by atoms with Crippen molar-refractivity contribution in [3.05, 3.63) is 5.75 Å². The first-order valence-corrected chi connectivity index (χ1v) is 5.77. The van der Waals surface area contributed by atoms with Gasteiger partial charge in [0.25, 0.3) is 0 Å². The van der Waals surface area contributed by atoms with Crippen LogP contribution in [0.1, 0.15) is 12.8 Å². The topological polar surface area (TPSA) is 15.3 Å². The molecule has 2 fully saturated rings. The van der Waals surface area contributed by atoms with Crippen LogP contribution in [0.25, 0.3) is 0 Å². The molecule has 1 unspecified atom stereocenters. The van der Waals surface area contributed by atoms with Gasteiger partial charge in [0.05, 0.1) is 5.75 Å². The van der Waals surface area contributed by atoms with Crippen LogP contribution in [0.2, 0.25) is 0 Å². The van der Waals surface area contributed by atoms with Crippen LogP contribution in [-0.2, 0) is 0 Å². The van der Waals surface area contributed by atoms with Crippen molar-refractivity contribution < 1.29 is 0 Å². The van der Waals surface area contributed by atoms with E-state index >= 15 is 0 Å². The molecule has 0 aromatic carbocycles. The summed E-state index contributed by atoms with van der Waals surface area (Å²) in [6.07, 6.45) is 2.69. The normalized spacial score (nSPS) is 33.5. The fourth-order valence-corrected chi connectivity index (χ4v) is 2.70. The molecule has 0 amide bonds. The Balaban J connectivity index is 1.80. The van der Waals surface area contributed by atoms with E-state index in [1.54, 1.807) is 0 Å². The summed E-state index contributed by atoms with van der Waals surface area (Å²) < 4.78 is 0. The van der Waals surface area contributed by atoms with Crippen molar-refractivity contribution in [2.24, 2.45) is 0 Å². The van der Waals surface area contributed by atoms with Gasteiger partial charge in [-0.05, 0) is 18.6 Å². The highest BCUT2D eigenvalue weighted by molar-refractivity contribution is 8.01. The third kappa shape index (κ3) is 2.15. The molecule has 1 N–H and O–H groups in total. The van der Waals surface area contributed by atoms with Crippen LogP contribution in [0.4, 0.5) is 0 Å². The number of thioether (sulfide) groups is 1. The van der Waals surface area contributed by atoms with Crippen molar-refractivity contribution in [2.45, 2.75) is 18.9 Å². The SMILES string of the molecule is [C]1SCCCC1N1CCNCC1. The summed E-state index contributed by atoms with van der Waals surface area (Å²) >= 11 is 1.88. The van der Waals surface area contributed by atoms with E-state index in [1.807, 2.05) is 11.8 Å². The molecule has 2 saturated heterocycles. The van der Waals surface area contributed by atoms with Gasteiger partial charge in [0.15, 0.2) is 0 Å². The number of nitrogens with zero attached hydrogens (tertiary/aromatic N) is 1. The van der Waals surface area contributed by atoms with Crippen LogP contribution in [0.15, 0.2) is 0 Å². The Morgan fingerprint density at radius 2 is 2.17 bits per heavy atom. The predicted molar refractivity (Wildman–Crippen MR) is 53.2 cm³/mol. The van der Waals surface area contributed by atoms with E-state index in [0.717, 1.165) is 13.1 Å². The smallest absolute Gasteiger partial charge is 0.0667 e. The zero-order chi connectivity index (χ0) is 8.23. The first kappa shape index (κ1) is 8.85. The van der Waals surface area contributed by atoms with E-state index in [2.05, 4.69) is 16.0 Å². The minimum atomic E-state index is 0.644. The maximum atomic E-state index is 3.50. The Morgan fingerprint density at radius 1 is 1.33 bits per heavy atom. The second-order valence-electron chi connectivity index (χ2n) is 3.41. The summed E-state index contributed by atoms with van der Waals surface area (Å²) in [7, 11) is 0. The van der Waals surface area contributed by atoms with Gasteiger partial charge < -0.3 is 5.32 Å². The summed E-state index contributed by atoms with van der Waals surface area (Å²) in [5, 5.41) is 3.38. The lowest BCUT2D eigenvalue weighted by molar-refractivity contribution is 0.188. The minimum Gasteiger partial charge on any atom is -0.314 e. The van der Waals surface area contributed by atoms with Crippen LogP contribution < -0.4 is 5.32 Å². The van der Waals surface area contributed by atoms with Gasteiger partial charge in [-0.3, -0.25) is 4.90 Å². The highest BCUT2D eigenvalue weighted by Crippen LogP contribution is 2.25. The molecule has 3 heteroatoms. The van der Waals surface area contributed by atoms with Gasteiger partial charge in [-0.25, -0.2) is 0 Å². The number of hydrogen-bond acceptors (Lipinski definition) is 3. The Bertz CT molecular complexity index is 112. The average molecular weight is 184 g/mol. The van der Waals surface area contributed by atoms with Crippen LogP contribution in [0.3, 0.4) is 0 Å². The fourth-order valence-electron chi connectivity index (χ4n) is 1.81. The summed E-state index contributed by atoms with van der Waals surface area (Å²) in [5.41, 5.74) is 0. The van der Waals surface area contributed by atoms with Gasteiger partial charge in [0, 0.05) is 32.2 Å². The first-order valence-electron chi connectivity index (χ1n) is 4.79. The molecule has 2 heterocycles. The molecular weight excluding hydrogens is 168 g/mol. The van der Waals surface area contributed by atoms with Gasteiger partial charge >= 0.3 is 0 Å². The van der Waals surface area contributed by atoms with Crippen molar-refractivity contribution in [1.29, 1.82) is 0 Å². The Morgan fingerprint density at radius 3 is 2.83 bits per heavy atom. The van der Waals surface area contributed by atoms with Gasteiger partial charge in [0.2, 0.25) is 0 Å². The number of nitrogens with one attached hydrogen (secondary N) is 1. The van der Waals surface area contributed by atoms with E-state index in [0.29, 0.717) is 6.04 Å². The standard InChI is InChI=1S/C9H16N2S/c1-2-9(8-12-7-1)11-5-3-10-4-6-11/h9-10H,1-7H2. The van der Waals surface area contributed by atoms with Crippen molar-refractivity contribution in [3.8, 4) is 0 Å². The van der Waals surface area contributed by atoms with Crippen molar-refractivity contribution in [2.75, 3.05) is 31.9 Å². The van der Waals surface area contributed by atoms with Crippen molar-refractivity contribution in [1.82, 2.24) is 10.2 Å². The Hall–Kier alpha value is 0.270. The molecule has 0 aromatic heterocycles. The van der Waals surface area contributed by atoms with E-state index in [1.165, 1.54) is 31.7 Å². The van der Waals surface area contributed by atoms with Gasteiger partial charge in [-0.15, -0.1) is 0 Å². The number of rotatable bonds is 1. The predicted octanol–water partition coefficient (Wildman–Crippen LogP) is 0.826. The Kier molecular flexibility index (Phi) is 3.31. The zero-order valence-corrected chi connectivity index (χ0v) is 8.20. The molecule has 2 nitrogen and oxygen atoms in total. The molecule has 0 saturated carbocycles. The molecule has 0 bridgehead atoms. The molecule has 0 aromatic rings. The van der Waals surface area contributed by atoms with Crippen LogP contribution >= 0.6 is 11.8 Å². The van der Waals surface area contributed by atoms with Crippen LogP contribution in [-0.4, -0.2) is 42.9 Å². The van der Waals surface area contributed by atoms with Gasteiger partial charge in [-0.1, -0.05) is 0 Å². The van der Waals surface area contributed by atoms with E-state index < -0.39 is 0 Å². The molecule has 2 aliphatic heterocycles. The second kappa shape index (κ2) is 4.49. The molecule has 1 atom stereocenters.